The number of halogens is 4. The largest absolute Gasteiger partial charge is 4.00 e. The van der Waals surface area contributed by atoms with Crippen molar-refractivity contribution in [2.24, 2.45) is 69.0 Å². The van der Waals surface area contributed by atoms with Crippen molar-refractivity contribution in [1.29, 1.82) is 0 Å². The van der Waals surface area contributed by atoms with E-state index in [1.807, 2.05) is 0 Å². The third-order valence-corrected chi connectivity index (χ3v) is 16.2. The average molecular weight is 1110 g/mol. The molecule has 10 atom stereocenters. The molecule has 0 saturated heterocycles. The maximum absolute atomic E-state index is 5.04. The Morgan fingerprint density at radius 1 is 0.469 bits per heavy atom. The van der Waals surface area contributed by atoms with Gasteiger partial charge in [0.05, 0.1) is 0 Å². The molecule has 0 heterocycles. The topological polar surface area (TPSA) is 0 Å². The smallest absolute Gasteiger partial charge is 4.00 e. The number of rotatable bonds is 4. The van der Waals surface area contributed by atoms with Crippen molar-refractivity contribution in [3.63, 3.8) is 0 Å². The van der Waals surface area contributed by atoms with Gasteiger partial charge in [-0.1, -0.05) is 169 Å². The van der Waals surface area contributed by atoms with E-state index < -0.39 is 15.5 Å². The zero-order valence-corrected chi connectivity index (χ0v) is 51.5. The summed E-state index contributed by atoms with van der Waals surface area (Å²) >= 11 is -3.29. The van der Waals surface area contributed by atoms with Crippen LogP contribution in [0.5, 0.6) is 0 Å². The molecule has 0 nitrogen and oxygen atoms in total. The van der Waals surface area contributed by atoms with E-state index in [1.165, 1.54) is 59.1 Å². The van der Waals surface area contributed by atoms with Gasteiger partial charge in [0.15, 0.2) is 0 Å². The molecule has 6 aliphatic carbocycles. The predicted octanol–water partition coefficient (Wildman–Crippen LogP) is 20.7. The van der Waals surface area contributed by atoms with Crippen LogP contribution in [-0.4, -0.2) is 0 Å². The van der Waals surface area contributed by atoms with Crippen LogP contribution >= 0.6 is 34.1 Å². The van der Waals surface area contributed by atoms with Crippen LogP contribution in [0.4, 0.5) is 0 Å². The first-order valence-electron chi connectivity index (χ1n) is 23.7. The minimum absolute atomic E-state index is 0. The zero-order valence-electron chi connectivity index (χ0n) is 43.5. The molecule has 2 aromatic rings. The Labute approximate surface area is 436 Å². The van der Waals surface area contributed by atoms with Gasteiger partial charge < -0.3 is 29.7 Å². The number of allylic oxidation sites excluding steroid dienone is 4. The van der Waals surface area contributed by atoms with Crippen LogP contribution in [0.1, 0.15) is 194 Å². The second kappa shape index (κ2) is 24.8. The van der Waals surface area contributed by atoms with E-state index in [2.05, 4.69) is 144 Å². The Hall–Kier alpha value is 0.846. The van der Waals surface area contributed by atoms with E-state index >= 15 is 0 Å². The Morgan fingerprint density at radius 2 is 0.766 bits per heavy atom. The van der Waals surface area contributed by atoms with Crippen molar-refractivity contribution in [3.8, 4) is 0 Å². The molecule has 4 fully saturated rings. The zero-order chi connectivity index (χ0) is 43.3. The molecular weight excluding hydrogens is 1020 g/mol. The van der Waals surface area contributed by atoms with Crippen molar-refractivity contribution in [2.75, 3.05) is 0 Å². The molecule has 0 amide bonds. The molecule has 6 heteroatoms. The Kier molecular flexibility index (Phi) is 24.4. The van der Waals surface area contributed by atoms with Crippen molar-refractivity contribution >= 4 is 45.2 Å². The minimum Gasteiger partial charge on any atom is 4.00 e. The van der Waals surface area contributed by atoms with Crippen LogP contribution in [0.3, 0.4) is 0 Å². The Balaban J connectivity index is 0.000000541. The number of hydrogen-bond acceptors (Lipinski definition) is 0. The summed E-state index contributed by atoms with van der Waals surface area (Å²) in [5, 5.41) is 0. The number of benzene rings is 2. The van der Waals surface area contributed by atoms with Crippen LogP contribution in [-0.2, 0) is 41.7 Å². The Morgan fingerprint density at radius 3 is 1.06 bits per heavy atom. The second-order valence-electron chi connectivity index (χ2n) is 24.2. The summed E-state index contributed by atoms with van der Waals surface area (Å²) < 4.78 is 0. The SMILES string of the molecule is CC(C)(C)C1C=C(CC2=CC(C(C)(C)C)c3ccccc32)c2ccccc21.CC(C)(C)C1CC(CC2CC(C(C)(C)C)C3CCCCC23)C2CCCCC21.[CH3-].[CH3-].[CH3-].[CH3-].[Cl][Zr]([Cl])([Cl])[Cl].[Zr+4]. The van der Waals surface area contributed by atoms with Gasteiger partial charge >= 0.3 is 75.7 Å². The molecule has 360 valence electrons. The summed E-state index contributed by atoms with van der Waals surface area (Å²) in [6.45, 7) is 29.3. The second-order valence-corrected chi connectivity index (χ2v) is 46.6. The molecule has 0 N–H and O–H groups in total. The van der Waals surface area contributed by atoms with E-state index in [0.29, 0.717) is 22.7 Å². The van der Waals surface area contributed by atoms with Gasteiger partial charge in [0.2, 0.25) is 0 Å². The minimum atomic E-state index is -3.29. The van der Waals surface area contributed by atoms with Gasteiger partial charge in [-0.05, 0) is 154 Å². The predicted molar refractivity (Wildman–Crippen MR) is 285 cm³/mol. The van der Waals surface area contributed by atoms with Gasteiger partial charge in [-0.3, -0.25) is 0 Å². The van der Waals surface area contributed by atoms with E-state index in [4.69, 9.17) is 34.1 Å². The average Bonchev–Trinajstić information content (AvgIpc) is 3.89. The third kappa shape index (κ3) is 15.4. The molecule has 64 heavy (non-hydrogen) atoms. The molecule has 2 aromatic carbocycles. The van der Waals surface area contributed by atoms with Gasteiger partial charge in [-0.25, -0.2) is 0 Å². The fraction of sp³-hybridized carbons (Fsp3) is 0.655. The summed E-state index contributed by atoms with van der Waals surface area (Å²) in [5.74, 6) is 9.40. The molecule has 8 rings (SSSR count). The first kappa shape index (κ1) is 62.9. The number of fused-ring (bicyclic) bond motifs is 4. The number of hydrogen-bond donors (Lipinski definition) is 0. The van der Waals surface area contributed by atoms with Crippen molar-refractivity contribution in [3.05, 3.63) is 113 Å². The summed E-state index contributed by atoms with van der Waals surface area (Å²) in [5.41, 5.74) is 10.4. The fourth-order valence-corrected chi connectivity index (χ4v) is 13.6. The van der Waals surface area contributed by atoms with Gasteiger partial charge in [-0.15, -0.1) is 0 Å². The van der Waals surface area contributed by atoms with E-state index in [-0.39, 0.29) is 66.7 Å². The van der Waals surface area contributed by atoms with Gasteiger partial charge in [0, 0.05) is 11.8 Å². The molecule has 0 spiro atoms. The van der Waals surface area contributed by atoms with Crippen LogP contribution in [0.15, 0.2) is 60.7 Å². The fourth-order valence-electron chi connectivity index (χ4n) is 13.6. The van der Waals surface area contributed by atoms with Crippen molar-refractivity contribution in [2.45, 2.75) is 172 Å². The summed E-state index contributed by atoms with van der Waals surface area (Å²) in [6, 6.07) is 18.0. The maximum atomic E-state index is 5.04. The van der Waals surface area contributed by atoms with Crippen molar-refractivity contribution in [1.82, 2.24) is 0 Å². The summed E-state index contributed by atoms with van der Waals surface area (Å²) in [7, 11) is 20.1. The van der Waals surface area contributed by atoms with E-state index in [0.717, 1.165) is 53.8 Å². The Bertz CT molecular complexity index is 1660. The molecule has 0 radical (unpaired) electrons. The van der Waals surface area contributed by atoms with Crippen LogP contribution < -0.4 is 0 Å². The monoisotopic (exact) mass is 1110 g/mol. The normalized spacial score (nSPS) is 29.2. The van der Waals surface area contributed by atoms with E-state index in [9.17, 15) is 0 Å². The molecule has 4 saturated carbocycles. The quantitative estimate of drug-likeness (QED) is 0.268. The van der Waals surface area contributed by atoms with Gasteiger partial charge in [-0.2, -0.15) is 0 Å². The standard InChI is InChI=1S/C27H48.C27H32.4CH3.4ClH.2Zr/c2*1-26(2,3)24-16-18(20-11-7-9-13-22(20)24)15-19-17-25(27(4,5)6)23-14-10-8-12-21(19)23;;;;;;;;;;/h18-25H,7-17H2,1-6H3;7-14,16-17,24-25H,15H2,1-6H3;4*1H3;4*1H;;/q;;4*-1;;;;;2*+4/p-4. The third-order valence-electron chi connectivity index (χ3n) is 16.2. The molecule has 0 aromatic heterocycles. The van der Waals surface area contributed by atoms with E-state index in [1.54, 1.807) is 44.9 Å². The molecular formula is C58H92Cl4Zr2. The van der Waals surface area contributed by atoms with Gasteiger partial charge in [0.25, 0.3) is 0 Å². The van der Waals surface area contributed by atoms with Crippen molar-refractivity contribution < 1.29 is 41.7 Å². The summed E-state index contributed by atoms with van der Waals surface area (Å²) in [6.07, 6.45) is 23.1. The summed E-state index contributed by atoms with van der Waals surface area (Å²) in [4.78, 5) is 0. The van der Waals surface area contributed by atoms with Crippen LogP contribution in [0.2, 0.25) is 0 Å². The first-order chi connectivity index (χ1) is 27.3. The van der Waals surface area contributed by atoms with Crippen LogP contribution in [0, 0.1) is 98.7 Å². The molecule has 0 aliphatic heterocycles. The maximum Gasteiger partial charge on any atom is 4.00 e. The molecule has 10 unspecified atom stereocenters. The van der Waals surface area contributed by atoms with Gasteiger partial charge in [0.1, 0.15) is 0 Å². The first-order valence-corrected chi connectivity index (χ1v) is 36.3. The molecule has 0 bridgehead atoms. The molecule has 6 aliphatic rings. The van der Waals surface area contributed by atoms with Crippen LogP contribution in [0.25, 0.3) is 11.1 Å².